The maximum absolute atomic E-state index is 12.8. The molecule has 0 heterocycles. The molecule has 0 aliphatic heterocycles. The Kier molecular flexibility index (Phi) is 5.50. The lowest BCUT2D eigenvalue weighted by atomic mass is 9.34. The van der Waals surface area contributed by atoms with Crippen LogP contribution in [-0.2, 0) is 4.79 Å². The van der Waals surface area contributed by atoms with Gasteiger partial charge in [-0.25, -0.2) is 0 Å². The van der Waals surface area contributed by atoms with Crippen LogP contribution >= 0.6 is 0 Å². The number of carbonyl (C=O) groups is 1. The molecule has 0 saturated heterocycles. The average Bonchev–Trinajstić information content (AvgIpc) is 2.77. The van der Waals surface area contributed by atoms with Gasteiger partial charge >= 0.3 is 5.97 Å². The fourth-order valence-electron chi connectivity index (χ4n) is 10.5. The minimum Gasteiger partial charge on any atom is -0.481 e. The molecule has 4 N–H and O–H groups in total. The van der Waals surface area contributed by atoms with Gasteiger partial charge in [0.05, 0.1) is 17.1 Å². The summed E-state index contributed by atoms with van der Waals surface area (Å²) in [6.45, 7) is 11.2. The minimum absolute atomic E-state index is 0.00601. The molecule has 11 unspecified atom stereocenters. The van der Waals surface area contributed by atoms with Crippen LogP contribution in [0.3, 0.4) is 0 Å². The topological polar surface area (TPSA) is 98.0 Å². The summed E-state index contributed by atoms with van der Waals surface area (Å²) in [4.78, 5) is 12.8. The van der Waals surface area contributed by atoms with Crippen molar-refractivity contribution in [3.63, 3.8) is 0 Å². The molecule has 192 valence electrons. The van der Waals surface area contributed by atoms with Crippen molar-refractivity contribution in [2.24, 2.45) is 51.2 Å². The Morgan fingerprint density at radius 1 is 1.03 bits per heavy atom. The van der Waals surface area contributed by atoms with Crippen LogP contribution in [0.15, 0.2) is 11.6 Å². The first-order valence-corrected chi connectivity index (χ1v) is 13.7. The summed E-state index contributed by atoms with van der Waals surface area (Å²) < 4.78 is 0. The molecule has 0 radical (unpaired) electrons. The second kappa shape index (κ2) is 7.55. The predicted octanol–water partition coefficient (Wildman–Crippen LogP) is 4.79. The lowest BCUT2D eigenvalue weighted by Crippen LogP contribution is -2.67. The van der Waals surface area contributed by atoms with Crippen LogP contribution in [0.5, 0.6) is 0 Å². The fourth-order valence-corrected chi connectivity index (χ4v) is 10.5. The van der Waals surface area contributed by atoms with Gasteiger partial charge in [-0.15, -0.1) is 0 Å². The van der Waals surface area contributed by atoms with Gasteiger partial charge in [-0.3, -0.25) is 4.79 Å². The number of hydrogen-bond donors (Lipinski definition) is 4. The van der Waals surface area contributed by atoms with E-state index in [1.165, 1.54) is 5.57 Å². The normalized spacial score (nSPS) is 56.9. The Bertz CT molecular complexity index is 895. The molecule has 34 heavy (non-hydrogen) atoms. The summed E-state index contributed by atoms with van der Waals surface area (Å²) in [6.07, 6.45) is 9.47. The number of carboxylic acids is 1. The Morgan fingerprint density at radius 3 is 2.38 bits per heavy atom. The molecule has 5 rings (SSSR count). The molecule has 5 nitrogen and oxygen atoms in total. The standard InChI is InChI=1S/C29H46O5/c1-17-8-13-29(24(32)33)15-14-26(3)20(23(29)28(17,5)34)6-7-22-25(2)11-10-21(31)18(16-30)19(25)9-12-27(22,26)4/h6,17-19,21-23,30-31,34H,7-16H2,1-5H3,(H,32,33). The highest BCUT2D eigenvalue weighted by molar-refractivity contribution is 5.77. The van der Waals surface area contributed by atoms with E-state index in [-0.39, 0.29) is 40.6 Å². The van der Waals surface area contributed by atoms with Crippen LogP contribution in [-0.4, -0.2) is 44.7 Å². The second-order valence-corrected chi connectivity index (χ2v) is 13.9. The van der Waals surface area contributed by atoms with Crippen molar-refractivity contribution < 1.29 is 25.2 Å². The van der Waals surface area contributed by atoms with E-state index < -0.39 is 23.1 Å². The van der Waals surface area contributed by atoms with Gasteiger partial charge in [0.1, 0.15) is 0 Å². The van der Waals surface area contributed by atoms with E-state index in [0.717, 1.165) is 44.9 Å². The van der Waals surface area contributed by atoms with Crippen molar-refractivity contribution >= 4 is 5.97 Å². The highest BCUT2D eigenvalue weighted by Gasteiger charge is 2.70. The number of fused-ring (bicyclic) bond motifs is 7. The zero-order chi connectivity index (χ0) is 24.9. The monoisotopic (exact) mass is 474 g/mol. The van der Waals surface area contributed by atoms with Crippen LogP contribution in [0.1, 0.15) is 92.4 Å². The molecule has 0 aromatic heterocycles. The molecular formula is C29H46O5. The van der Waals surface area contributed by atoms with Crippen LogP contribution in [0.25, 0.3) is 0 Å². The Hall–Kier alpha value is -0.910. The molecule has 5 aliphatic rings. The molecule has 4 fully saturated rings. The summed E-state index contributed by atoms with van der Waals surface area (Å²) in [7, 11) is 0. The van der Waals surface area contributed by atoms with E-state index in [4.69, 9.17) is 0 Å². The van der Waals surface area contributed by atoms with Crippen LogP contribution in [0.2, 0.25) is 0 Å². The second-order valence-electron chi connectivity index (χ2n) is 13.9. The highest BCUT2D eigenvalue weighted by Crippen LogP contribution is 2.75. The van der Waals surface area contributed by atoms with Crippen molar-refractivity contribution in [1.82, 2.24) is 0 Å². The van der Waals surface area contributed by atoms with Gasteiger partial charge in [0.2, 0.25) is 0 Å². The van der Waals surface area contributed by atoms with Gasteiger partial charge in [-0.1, -0.05) is 39.3 Å². The van der Waals surface area contributed by atoms with E-state index in [1.54, 1.807) is 0 Å². The molecule has 0 bridgehead atoms. The van der Waals surface area contributed by atoms with Gasteiger partial charge in [0.25, 0.3) is 0 Å². The quantitative estimate of drug-likeness (QED) is 0.432. The number of rotatable bonds is 2. The largest absolute Gasteiger partial charge is 0.481 e. The number of aliphatic carboxylic acids is 1. The van der Waals surface area contributed by atoms with E-state index in [0.29, 0.717) is 24.7 Å². The molecule has 0 amide bonds. The SMILES string of the molecule is CC1CCC2(C(=O)O)CCC3(C)C(=CCC4C5(C)CCC(O)C(CO)C5CCC43C)C2C1(C)O. The van der Waals surface area contributed by atoms with E-state index in [9.17, 15) is 25.2 Å². The zero-order valence-electron chi connectivity index (χ0n) is 21.8. The molecule has 0 spiro atoms. The van der Waals surface area contributed by atoms with Gasteiger partial charge in [0, 0.05) is 18.4 Å². The van der Waals surface area contributed by atoms with Gasteiger partial charge in [0.15, 0.2) is 0 Å². The highest BCUT2D eigenvalue weighted by atomic mass is 16.4. The number of allylic oxidation sites excluding steroid dienone is 1. The smallest absolute Gasteiger partial charge is 0.310 e. The molecule has 5 heteroatoms. The zero-order valence-corrected chi connectivity index (χ0v) is 21.8. The summed E-state index contributed by atoms with van der Waals surface area (Å²) in [6, 6.07) is 0. The predicted molar refractivity (Wildman–Crippen MR) is 131 cm³/mol. The fraction of sp³-hybridized carbons (Fsp3) is 0.897. The first kappa shape index (κ1) is 24.8. The van der Waals surface area contributed by atoms with Crippen LogP contribution in [0.4, 0.5) is 0 Å². The van der Waals surface area contributed by atoms with E-state index >= 15 is 0 Å². The van der Waals surface area contributed by atoms with Crippen molar-refractivity contribution in [2.45, 2.75) is 104 Å². The number of aliphatic hydroxyl groups is 3. The number of hydrogen-bond acceptors (Lipinski definition) is 4. The molecule has 4 saturated carbocycles. The Labute approximate surface area is 205 Å². The first-order chi connectivity index (χ1) is 15.8. The van der Waals surface area contributed by atoms with Crippen LogP contribution in [0, 0.1) is 51.2 Å². The minimum atomic E-state index is -1.04. The average molecular weight is 475 g/mol. The third-order valence-corrected chi connectivity index (χ3v) is 13.0. The van der Waals surface area contributed by atoms with Crippen LogP contribution < -0.4 is 0 Å². The molecule has 11 atom stereocenters. The van der Waals surface area contributed by atoms with Gasteiger partial charge in [-0.05, 0) is 98.7 Å². The summed E-state index contributed by atoms with van der Waals surface area (Å²) >= 11 is 0. The summed E-state index contributed by atoms with van der Waals surface area (Å²) in [5.74, 6) is -0.316. The summed E-state index contributed by atoms with van der Waals surface area (Å²) in [5, 5.41) is 43.2. The first-order valence-electron chi connectivity index (χ1n) is 13.7. The van der Waals surface area contributed by atoms with Gasteiger partial charge < -0.3 is 20.4 Å². The molecule has 0 aromatic carbocycles. The van der Waals surface area contributed by atoms with E-state index in [1.807, 2.05) is 6.92 Å². The van der Waals surface area contributed by atoms with Gasteiger partial charge in [-0.2, -0.15) is 0 Å². The number of aliphatic hydroxyl groups excluding tert-OH is 2. The molecule has 5 aliphatic carbocycles. The lowest BCUT2D eigenvalue weighted by molar-refractivity contribution is -0.209. The van der Waals surface area contributed by atoms with Crippen molar-refractivity contribution in [1.29, 1.82) is 0 Å². The van der Waals surface area contributed by atoms with E-state index in [2.05, 4.69) is 33.8 Å². The van der Waals surface area contributed by atoms with Crippen molar-refractivity contribution in [3.05, 3.63) is 11.6 Å². The third-order valence-electron chi connectivity index (χ3n) is 13.0. The Balaban J connectivity index is 1.62. The summed E-state index contributed by atoms with van der Waals surface area (Å²) in [5.41, 5.74) is -0.790. The van der Waals surface area contributed by atoms with Crippen molar-refractivity contribution in [3.8, 4) is 0 Å². The lowest BCUT2D eigenvalue weighted by Gasteiger charge is -2.70. The molecular weight excluding hydrogens is 428 g/mol. The maximum Gasteiger partial charge on any atom is 0.310 e. The third kappa shape index (κ3) is 2.81. The Morgan fingerprint density at radius 2 is 1.74 bits per heavy atom. The molecule has 0 aromatic rings. The number of carboxylic acid groups (broad SMARTS) is 1. The maximum atomic E-state index is 12.8. The van der Waals surface area contributed by atoms with Crippen molar-refractivity contribution in [2.75, 3.05) is 6.61 Å².